The fourth-order valence-corrected chi connectivity index (χ4v) is 2.93. The number of aryl methyl sites for hydroxylation is 1. The second-order valence-electron chi connectivity index (χ2n) is 4.31. The van der Waals surface area contributed by atoms with Crippen LogP contribution in [-0.2, 0) is 0 Å². The number of benzene rings is 1. The van der Waals surface area contributed by atoms with Gasteiger partial charge in [-0.2, -0.15) is 5.10 Å². The van der Waals surface area contributed by atoms with Gasteiger partial charge in [0.05, 0.1) is 34.6 Å². The molecule has 18 heavy (non-hydrogen) atoms. The fraction of sp³-hybridized carbons (Fsp3) is 0.231. The minimum Gasteiger partial charge on any atom is -0.376 e. The molecule has 0 amide bonds. The Labute approximate surface area is 109 Å². The van der Waals surface area contributed by atoms with E-state index >= 15 is 0 Å². The molecule has 0 aliphatic heterocycles. The Morgan fingerprint density at radius 1 is 1.39 bits per heavy atom. The van der Waals surface area contributed by atoms with Crippen LogP contribution in [0.25, 0.3) is 10.9 Å². The number of nitrogens with zero attached hydrogens (tertiary/aromatic N) is 2. The number of aromatic nitrogens is 3. The summed E-state index contributed by atoms with van der Waals surface area (Å²) in [5.74, 6) is 0. The lowest BCUT2D eigenvalue weighted by atomic mass is 10.2. The van der Waals surface area contributed by atoms with E-state index in [-0.39, 0.29) is 6.04 Å². The molecule has 92 valence electrons. The summed E-state index contributed by atoms with van der Waals surface area (Å²) in [6, 6.07) is 6.39. The molecular formula is C13H14N4S. The van der Waals surface area contributed by atoms with Crippen molar-refractivity contribution in [1.29, 1.82) is 0 Å². The van der Waals surface area contributed by atoms with Crippen LogP contribution in [0.3, 0.4) is 0 Å². The second-order valence-corrected chi connectivity index (χ2v) is 5.19. The summed E-state index contributed by atoms with van der Waals surface area (Å²) < 4.78 is 0. The smallest absolute Gasteiger partial charge is 0.0881 e. The zero-order chi connectivity index (χ0) is 12.5. The molecule has 0 radical (unpaired) electrons. The number of hydrogen-bond acceptors (Lipinski definition) is 4. The largest absolute Gasteiger partial charge is 0.376 e. The highest BCUT2D eigenvalue weighted by atomic mass is 32.1. The van der Waals surface area contributed by atoms with E-state index in [1.165, 1.54) is 4.88 Å². The summed E-state index contributed by atoms with van der Waals surface area (Å²) in [4.78, 5) is 5.56. The van der Waals surface area contributed by atoms with Crippen molar-refractivity contribution in [3.63, 3.8) is 0 Å². The van der Waals surface area contributed by atoms with Crippen molar-refractivity contribution in [2.24, 2.45) is 0 Å². The van der Waals surface area contributed by atoms with Gasteiger partial charge in [-0.3, -0.25) is 5.10 Å². The van der Waals surface area contributed by atoms with Gasteiger partial charge in [-0.1, -0.05) is 12.1 Å². The minimum atomic E-state index is 0.242. The molecule has 4 nitrogen and oxygen atoms in total. The average Bonchev–Trinajstić information content (AvgIpc) is 2.97. The Balaban J connectivity index is 1.93. The Morgan fingerprint density at radius 2 is 2.28 bits per heavy atom. The van der Waals surface area contributed by atoms with E-state index in [9.17, 15) is 0 Å². The van der Waals surface area contributed by atoms with Gasteiger partial charge in [0.2, 0.25) is 0 Å². The predicted molar refractivity (Wildman–Crippen MR) is 75.0 cm³/mol. The topological polar surface area (TPSA) is 53.6 Å². The highest BCUT2D eigenvalue weighted by molar-refractivity contribution is 7.09. The highest BCUT2D eigenvalue weighted by Gasteiger charge is 2.12. The molecule has 0 saturated heterocycles. The Bertz CT molecular complexity index is 670. The first-order valence-corrected chi connectivity index (χ1v) is 6.72. The van der Waals surface area contributed by atoms with Crippen LogP contribution in [-0.4, -0.2) is 15.2 Å². The predicted octanol–water partition coefficient (Wildman–Crippen LogP) is 3.50. The van der Waals surface area contributed by atoms with Crippen molar-refractivity contribution in [2.75, 3.05) is 5.32 Å². The van der Waals surface area contributed by atoms with Gasteiger partial charge in [-0.05, 0) is 19.9 Å². The van der Waals surface area contributed by atoms with Gasteiger partial charge in [0.1, 0.15) is 0 Å². The molecule has 3 aromatic rings. The molecule has 0 aliphatic rings. The summed E-state index contributed by atoms with van der Waals surface area (Å²) in [7, 11) is 0. The maximum Gasteiger partial charge on any atom is 0.0881 e. The Hall–Kier alpha value is -1.88. The number of rotatable bonds is 3. The van der Waals surface area contributed by atoms with Gasteiger partial charge in [0.15, 0.2) is 0 Å². The monoisotopic (exact) mass is 258 g/mol. The number of anilines is 1. The lowest BCUT2D eigenvalue weighted by Crippen LogP contribution is -2.06. The van der Waals surface area contributed by atoms with Crippen molar-refractivity contribution >= 4 is 27.9 Å². The third-order valence-corrected chi connectivity index (χ3v) is 4.14. The van der Waals surface area contributed by atoms with Gasteiger partial charge in [-0.25, -0.2) is 4.98 Å². The SMILES string of the molecule is Cc1ncsc1C(C)Nc1cccc2cn[nH]c12. The van der Waals surface area contributed by atoms with Gasteiger partial charge in [0, 0.05) is 10.3 Å². The molecule has 0 aliphatic carbocycles. The highest BCUT2D eigenvalue weighted by Crippen LogP contribution is 2.28. The van der Waals surface area contributed by atoms with Crippen LogP contribution in [0, 0.1) is 6.92 Å². The number of thiazole rings is 1. The number of H-pyrrole nitrogens is 1. The quantitative estimate of drug-likeness (QED) is 0.756. The van der Waals surface area contributed by atoms with Gasteiger partial charge in [0.25, 0.3) is 0 Å². The first-order valence-electron chi connectivity index (χ1n) is 5.84. The van der Waals surface area contributed by atoms with Crippen molar-refractivity contribution < 1.29 is 0 Å². The maximum atomic E-state index is 4.29. The van der Waals surface area contributed by atoms with Gasteiger partial charge in [-0.15, -0.1) is 11.3 Å². The lowest BCUT2D eigenvalue weighted by molar-refractivity contribution is 0.891. The van der Waals surface area contributed by atoms with Crippen LogP contribution in [0.15, 0.2) is 29.9 Å². The molecule has 1 unspecified atom stereocenters. The second kappa shape index (κ2) is 4.42. The number of para-hydroxylation sites is 1. The summed E-state index contributed by atoms with van der Waals surface area (Å²) >= 11 is 1.68. The Morgan fingerprint density at radius 3 is 3.06 bits per heavy atom. The van der Waals surface area contributed by atoms with Crippen LogP contribution < -0.4 is 5.32 Å². The van der Waals surface area contributed by atoms with Gasteiger partial charge >= 0.3 is 0 Å². The fourth-order valence-electron chi connectivity index (χ4n) is 2.11. The van der Waals surface area contributed by atoms with Crippen LogP contribution in [0.2, 0.25) is 0 Å². The molecule has 1 aromatic carbocycles. The Kier molecular flexibility index (Phi) is 2.76. The normalized spacial score (nSPS) is 12.8. The standard InChI is InChI=1S/C13H14N4S/c1-8-13(18-7-14-8)9(2)16-11-5-3-4-10-6-15-17-12(10)11/h3-7,9,16H,1-2H3,(H,15,17). The maximum absolute atomic E-state index is 4.29. The first kappa shape index (κ1) is 11.2. The first-order chi connectivity index (χ1) is 8.75. The molecule has 0 bridgehead atoms. The molecule has 2 heterocycles. The van der Waals surface area contributed by atoms with E-state index in [1.807, 2.05) is 30.8 Å². The van der Waals surface area contributed by atoms with Crippen molar-refractivity contribution in [3.8, 4) is 0 Å². The third kappa shape index (κ3) is 1.86. The van der Waals surface area contributed by atoms with Gasteiger partial charge < -0.3 is 5.32 Å². The number of aromatic amines is 1. The summed E-state index contributed by atoms with van der Waals surface area (Å²) in [5, 5.41) is 11.7. The number of fused-ring (bicyclic) bond motifs is 1. The van der Waals surface area contributed by atoms with Crippen molar-refractivity contribution in [2.45, 2.75) is 19.9 Å². The zero-order valence-corrected chi connectivity index (χ0v) is 11.1. The molecule has 5 heteroatoms. The van der Waals surface area contributed by atoms with Crippen molar-refractivity contribution in [1.82, 2.24) is 15.2 Å². The van der Waals surface area contributed by atoms with Crippen LogP contribution in [0.4, 0.5) is 5.69 Å². The molecule has 0 fully saturated rings. The molecule has 2 N–H and O–H groups in total. The van der Waals surface area contributed by atoms with E-state index in [1.54, 1.807) is 11.3 Å². The summed E-state index contributed by atoms with van der Waals surface area (Å²) in [5.41, 5.74) is 5.10. The summed E-state index contributed by atoms with van der Waals surface area (Å²) in [6.07, 6.45) is 1.84. The van der Waals surface area contributed by atoms with Crippen LogP contribution in [0.1, 0.15) is 23.5 Å². The van der Waals surface area contributed by atoms with E-state index in [4.69, 9.17) is 0 Å². The van der Waals surface area contributed by atoms with Crippen molar-refractivity contribution in [3.05, 3.63) is 40.5 Å². The number of nitrogens with one attached hydrogen (secondary N) is 2. The molecule has 0 saturated carbocycles. The van der Waals surface area contributed by atoms with Crippen LogP contribution in [0.5, 0.6) is 0 Å². The average molecular weight is 258 g/mol. The molecule has 0 spiro atoms. The van der Waals surface area contributed by atoms with E-state index in [2.05, 4.69) is 33.5 Å². The molecule has 1 atom stereocenters. The van der Waals surface area contributed by atoms with E-state index in [0.29, 0.717) is 0 Å². The molecular weight excluding hydrogens is 244 g/mol. The minimum absolute atomic E-state index is 0.242. The molecule has 3 rings (SSSR count). The number of hydrogen-bond donors (Lipinski definition) is 2. The van der Waals surface area contributed by atoms with E-state index < -0.39 is 0 Å². The molecule has 2 aromatic heterocycles. The lowest BCUT2D eigenvalue weighted by Gasteiger charge is -2.14. The zero-order valence-electron chi connectivity index (χ0n) is 10.3. The third-order valence-electron chi connectivity index (χ3n) is 3.02. The van der Waals surface area contributed by atoms with E-state index in [0.717, 1.165) is 22.3 Å². The summed E-state index contributed by atoms with van der Waals surface area (Å²) in [6.45, 7) is 4.19. The van der Waals surface area contributed by atoms with Crippen LogP contribution >= 0.6 is 11.3 Å².